The molecule has 1 saturated heterocycles. The van der Waals surface area contributed by atoms with Crippen LogP contribution in [-0.2, 0) is 10.0 Å². The molecule has 3 nitrogen and oxygen atoms in total. The lowest BCUT2D eigenvalue weighted by Gasteiger charge is -2.23. The zero-order chi connectivity index (χ0) is 19.7. The third kappa shape index (κ3) is 3.85. The van der Waals surface area contributed by atoms with Gasteiger partial charge in [-0.25, -0.2) is 8.42 Å². The van der Waals surface area contributed by atoms with Crippen molar-refractivity contribution in [2.45, 2.75) is 29.5 Å². The van der Waals surface area contributed by atoms with E-state index in [1.165, 1.54) is 11.9 Å². The fraction of sp³-hybridized carbons (Fsp3) is 0.182. The van der Waals surface area contributed by atoms with Gasteiger partial charge in [0.25, 0.3) is 10.0 Å². The molecule has 0 N–H and O–H groups in total. The molecule has 144 valence electrons. The highest BCUT2D eigenvalue weighted by Crippen LogP contribution is 2.53. The van der Waals surface area contributed by atoms with E-state index in [9.17, 15) is 8.42 Å². The molecule has 3 aromatic carbocycles. The first-order chi connectivity index (χ1) is 13.4. The SMILES string of the molecule is Cc1ccc(S(=O)(=O)N2S[C@@H](c3ccc(Cl)cc3)C[C@H]2c2ccccc2)cc1. The first kappa shape index (κ1) is 19.5. The smallest absolute Gasteiger partial charge is 0.206 e. The van der Waals surface area contributed by atoms with Crippen molar-refractivity contribution in [3.63, 3.8) is 0 Å². The summed E-state index contributed by atoms with van der Waals surface area (Å²) in [6.07, 6.45) is 0.710. The van der Waals surface area contributed by atoms with Gasteiger partial charge in [0.15, 0.2) is 0 Å². The molecule has 2 atom stereocenters. The molecule has 4 rings (SSSR count). The summed E-state index contributed by atoms with van der Waals surface area (Å²) in [5.41, 5.74) is 3.12. The second-order valence-corrected chi connectivity index (χ2v) is 10.5. The van der Waals surface area contributed by atoms with Crippen LogP contribution in [0.2, 0.25) is 5.02 Å². The van der Waals surface area contributed by atoms with Crippen molar-refractivity contribution in [2.24, 2.45) is 0 Å². The lowest BCUT2D eigenvalue weighted by molar-refractivity contribution is 0.473. The van der Waals surface area contributed by atoms with Crippen molar-refractivity contribution in [1.82, 2.24) is 3.71 Å². The molecule has 0 unspecified atom stereocenters. The van der Waals surface area contributed by atoms with Crippen LogP contribution in [0, 0.1) is 6.92 Å². The van der Waals surface area contributed by atoms with Gasteiger partial charge in [0.2, 0.25) is 0 Å². The van der Waals surface area contributed by atoms with E-state index in [0.29, 0.717) is 16.3 Å². The van der Waals surface area contributed by atoms with Gasteiger partial charge in [-0.2, -0.15) is 0 Å². The molecule has 1 aliphatic heterocycles. The van der Waals surface area contributed by atoms with Crippen LogP contribution in [0.4, 0.5) is 0 Å². The Morgan fingerprint density at radius 2 is 1.54 bits per heavy atom. The van der Waals surface area contributed by atoms with Gasteiger partial charge in [-0.3, -0.25) is 0 Å². The number of rotatable bonds is 4. The summed E-state index contributed by atoms with van der Waals surface area (Å²) in [6.45, 7) is 1.95. The second kappa shape index (κ2) is 7.91. The lowest BCUT2D eigenvalue weighted by Crippen LogP contribution is -2.25. The molecule has 0 saturated carbocycles. The predicted octanol–water partition coefficient (Wildman–Crippen LogP) is 6.17. The van der Waals surface area contributed by atoms with Gasteiger partial charge >= 0.3 is 0 Å². The Bertz CT molecular complexity index is 1050. The van der Waals surface area contributed by atoms with E-state index >= 15 is 0 Å². The molecule has 1 heterocycles. The maximum Gasteiger partial charge on any atom is 0.252 e. The molecular formula is C22H20ClNO2S2. The Balaban J connectivity index is 1.73. The van der Waals surface area contributed by atoms with E-state index in [4.69, 9.17) is 11.6 Å². The molecule has 0 amide bonds. The average molecular weight is 430 g/mol. The third-order valence-corrected chi connectivity index (χ3v) is 8.78. The molecular weight excluding hydrogens is 410 g/mol. The number of halogens is 1. The van der Waals surface area contributed by atoms with Crippen molar-refractivity contribution in [3.05, 3.63) is 101 Å². The van der Waals surface area contributed by atoms with E-state index in [1.807, 2.05) is 73.7 Å². The third-order valence-electron chi connectivity index (χ3n) is 4.90. The van der Waals surface area contributed by atoms with Crippen LogP contribution < -0.4 is 0 Å². The summed E-state index contributed by atoms with van der Waals surface area (Å²) in [6, 6.07) is 24.3. The summed E-state index contributed by atoms with van der Waals surface area (Å²) >= 11 is 7.40. The highest BCUT2D eigenvalue weighted by molar-refractivity contribution is 8.08. The molecule has 1 fully saturated rings. The first-order valence-corrected chi connectivity index (χ1v) is 11.7. The van der Waals surface area contributed by atoms with E-state index in [-0.39, 0.29) is 11.3 Å². The van der Waals surface area contributed by atoms with Crippen LogP contribution in [-0.4, -0.2) is 12.1 Å². The minimum absolute atomic E-state index is 0.0442. The van der Waals surface area contributed by atoms with E-state index in [1.54, 1.807) is 15.8 Å². The molecule has 0 radical (unpaired) electrons. The van der Waals surface area contributed by atoms with Crippen LogP contribution in [0.3, 0.4) is 0 Å². The summed E-state index contributed by atoms with van der Waals surface area (Å²) in [5.74, 6) is 0. The van der Waals surface area contributed by atoms with Gasteiger partial charge in [0.1, 0.15) is 0 Å². The fourth-order valence-corrected chi connectivity index (χ4v) is 6.91. The Labute approximate surface area is 175 Å². The summed E-state index contributed by atoms with van der Waals surface area (Å²) in [4.78, 5) is 0.322. The maximum absolute atomic E-state index is 13.4. The predicted molar refractivity (Wildman–Crippen MR) is 116 cm³/mol. The molecule has 0 bridgehead atoms. The molecule has 6 heteroatoms. The Hall–Kier alpha value is -1.79. The van der Waals surface area contributed by atoms with Crippen LogP contribution >= 0.6 is 23.5 Å². The van der Waals surface area contributed by atoms with Crippen molar-refractivity contribution in [3.8, 4) is 0 Å². The summed E-state index contributed by atoms with van der Waals surface area (Å²) in [5, 5.41) is 0.721. The summed E-state index contributed by atoms with van der Waals surface area (Å²) < 4.78 is 28.5. The zero-order valence-corrected chi connectivity index (χ0v) is 17.7. The number of benzene rings is 3. The standard InChI is InChI=1S/C22H20ClNO2S2/c1-16-7-13-20(14-8-16)28(25,26)24-21(17-5-3-2-4-6-17)15-22(27-24)18-9-11-19(23)12-10-18/h2-14,21-22H,15H2,1H3/t21-,22+/m0/s1. The minimum Gasteiger partial charge on any atom is -0.206 e. The Morgan fingerprint density at radius 1 is 0.893 bits per heavy atom. The number of aryl methyl sites for hydroxylation is 1. The van der Waals surface area contributed by atoms with Gasteiger partial charge in [0, 0.05) is 10.3 Å². The molecule has 0 spiro atoms. The Kier molecular flexibility index (Phi) is 5.52. The van der Waals surface area contributed by atoms with Crippen LogP contribution in [0.15, 0.2) is 83.8 Å². The topological polar surface area (TPSA) is 37.4 Å². The van der Waals surface area contributed by atoms with Crippen molar-refractivity contribution in [2.75, 3.05) is 0 Å². The monoisotopic (exact) mass is 429 g/mol. The molecule has 3 aromatic rings. The Morgan fingerprint density at radius 3 is 2.18 bits per heavy atom. The van der Waals surface area contributed by atoms with Crippen molar-refractivity contribution >= 4 is 33.6 Å². The highest BCUT2D eigenvalue weighted by atomic mass is 35.5. The quantitative estimate of drug-likeness (QED) is 0.465. The van der Waals surface area contributed by atoms with Crippen LogP contribution in [0.5, 0.6) is 0 Å². The van der Waals surface area contributed by atoms with Gasteiger partial charge in [-0.1, -0.05) is 83.7 Å². The van der Waals surface area contributed by atoms with Gasteiger partial charge in [0.05, 0.1) is 10.9 Å². The number of hydrogen-bond donors (Lipinski definition) is 0. The van der Waals surface area contributed by atoms with Gasteiger partial charge in [-0.05, 0) is 48.7 Å². The maximum atomic E-state index is 13.4. The molecule has 28 heavy (non-hydrogen) atoms. The van der Waals surface area contributed by atoms with Crippen molar-refractivity contribution in [1.29, 1.82) is 0 Å². The number of hydrogen-bond acceptors (Lipinski definition) is 3. The minimum atomic E-state index is -3.63. The van der Waals surface area contributed by atoms with E-state index in [0.717, 1.165) is 16.7 Å². The first-order valence-electron chi connectivity index (χ1n) is 9.03. The van der Waals surface area contributed by atoms with Crippen LogP contribution in [0.1, 0.15) is 34.4 Å². The zero-order valence-electron chi connectivity index (χ0n) is 15.3. The van der Waals surface area contributed by atoms with Crippen molar-refractivity contribution < 1.29 is 8.42 Å². The lowest BCUT2D eigenvalue weighted by atomic mass is 10.00. The second-order valence-electron chi connectivity index (χ2n) is 6.88. The number of nitrogens with zero attached hydrogens (tertiary/aromatic N) is 1. The fourth-order valence-electron chi connectivity index (χ4n) is 3.38. The largest absolute Gasteiger partial charge is 0.252 e. The van der Waals surface area contributed by atoms with Gasteiger partial charge in [-0.15, -0.1) is 3.71 Å². The van der Waals surface area contributed by atoms with Gasteiger partial charge < -0.3 is 0 Å². The highest BCUT2D eigenvalue weighted by Gasteiger charge is 2.42. The van der Waals surface area contributed by atoms with E-state index < -0.39 is 10.0 Å². The number of sulfonamides is 1. The average Bonchev–Trinajstić information content (AvgIpc) is 3.16. The summed E-state index contributed by atoms with van der Waals surface area (Å²) in [7, 11) is -3.63. The molecule has 1 aliphatic rings. The molecule has 0 aromatic heterocycles. The normalized spacial score (nSPS) is 20.4. The molecule has 0 aliphatic carbocycles. The van der Waals surface area contributed by atoms with Crippen LogP contribution in [0.25, 0.3) is 0 Å². The van der Waals surface area contributed by atoms with E-state index in [2.05, 4.69) is 0 Å².